The first-order valence-electron chi connectivity index (χ1n) is 22.3. The van der Waals surface area contributed by atoms with E-state index in [0.717, 1.165) is 64.7 Å². The molecule has 3 aromatic heterocycles. The molecule has 5 heterocycles. The highest BCUT2D eigenvalue weighted by Gasteiger charge is 2.44. The maximum absolute atomic E-state index is 13.9. The maximum atomic E-state index is 13.9. The lowest BCUT2D eigenvalue weighted by Gasteiger charge is -2.35. The molecule has 18 nitrogen and oxygen atoms in total. The first kappa shape index (κ1) is 48.2. The van der Waals surface area contributed by atoms with Crippen molar-refractivity contribution in [2.24, 2.45) is 5.41 Å². The molecule has 3 atom stereocenters. The number of carbonyl (C=O) groups excluding carboxylic acids is 3. The third-order valence-electron chi connectivity index (χ3n) is 11.1. The summed E-state index contributed by atoms with van der Waals surface area (Å²) in [6.45, 7) is 13.0. The van der Waals surface area contributed by atoms with Crippen LogP contribution in [0.25, 0.3) is 21.5 Å². The monoisotopic (exact) mass is 928 g/mol. The predicted molar refractivity (Wildman–Crippen MR) is 247 cm³/mol. The molecule has 0 bridgehead atoms. The number of anilines is 1. The number of piperazine rings is 1. The van der Waals surface area contributed by atoms with Crippen LogP contribution < -0.4 is 30.3 Å². The third-order valence-corrected chi connectivity index (χ3v) is 12.1. The molecule has 2 saturated heterocycles. The van der Waals surface area contributed by atoms with Crippen molar-refractivity contribution >= 4 is 46.2 Å². The van der Waals surface area contributed by atoms with Crippen LogP contribution in [0, 0.1) is 12.3 Å². The molecule has 0 saturated carbocycles. The number of ether oxygens (including phenoxy) is 5. The van der Waals surface area contributed by atoms with Crippen molar-refractivity contribution in [3.63, 3.8) is 0 Å². The number of pyridine rings is 1. The highest BCUT2D eigenvalue weighted by atomic mass is 32.1. The van der Waals surface area contributed by atoms with Crippen LogP contribution >= 0.6 is 11.3 Å². The van der Waals surface area contributed by atoms with E-state index in [4.69, 9.17) is 28.1 Å². The van der Waals surface area contributed by atoms with Gasteiger partial charge in [-0.2, -0.15) is 4.98 Å². The van der Waals surface area contributed by atoms with E-state index in [1.807, 2.05) is 87.8 Å². The molecule has 3 amide bonds. The molecule has 2 aliphatic heterocycles. The highest BCUT2D eigenvalue weighted by molar-refractivity contribution is 7.13. The van der Waals surface area contributed by atoms with Crippen molar-refractivity contribution in [3.05, 3.63) is 83.3 Å². The fourth-order valence-electron chi connectivity index (χ4n) is 7.52. The lowest BCUT2D eigenvalue weighted by Crippen LogP contribution is -2.58. The number of nitrogens with one attached hydrogen (secondary N) is 3. The van der Waals surface area contributed by atoms with Gasteiger partial charge in [-0.15, -0.1) is 11.3 Å². The lowest BCUT2D eigenvalue weighted by atomic mass is 9.85. The molecule has 7 rings (SSSR count). The minimum absolute atomic E-state index is 0.0151. The van der Waals surface area contributed by atoms with Crippen molar-refractivity contribution in [3.8, 4) is 21.9 Å². The fourth-order valence-corrected chi connectivity index (χ4v) is 8.33. The Balaban J connectivity index is 0.735. The van der Waals surface area contributed by atoms with Crippen LogP contribution in [0.3, 0.4) is 0 Å². The molecule has 4 N–H and O–H groups in total. The summed E-state index contributed by atoms with van der Waals surface area (Å²) in [5.74, 6) is -0.00721. The van der Waals surface area contributed by atoms with Gasteiger partial charge in [0.15, 0.2) is 5.58 Å². The summed E-state index contributed by atoms with van der Waals surface area (Å²) in [6.07, 6.45) is 0.875. The standard InChI is InChI=1S/C47H60N8O10S/c1-31-42(66-30-51-31)33-7-5-32(6-8-33)25-50-44(58)39-23-35(56)27-55(39)45(59)43(47(2,3)4)53-41(57)29-62-20-19-60-17-18-61-21-22-63-37-10-9-34(49-26-37)28-64-36-11-12-40-38(24-36)52-46(65-40)54-15-13-48-14-16-54/h5-12,24,26,30,35,39,43,48,56H,13-23,25,27-29H2,1-4H3,(H,50,58)(H,53,57)/t35-,39+,43-/m1/s1. The van der Waals surface area contributed by atoms with Crippen molar-refractivity contribution in [2.45, 2.75) is 65.5 Å². The zero-order valence-corrected chi connectivity index (χ0v) is 38.8. The summed E-state index contributed by atoms with van der Waals surface area (Å²) in [6, 6.07) is 15.9. The largest absolute Gasteiger partial charge is 0.490 e. The molecule has 354 valence electrons. The number of aliphatic hydroxyl groups is 1. The number of oxazole rings is 1. The smallest absolute Gasteiger partial charge is 0.298 e. The van der Waals surface area contributed by atoms with E-state index in [9.17, 15) is 19.5 Å². The van der Waals surface area contributed by atoms with Crippen molar-refractivity contribution < 1.29 is 47.6 Å². The number of rotatable bonds is 22. The number of likely N-dealkylation sites (tertiary alicyclic amines) is 1. The number of thiazole rings is 1. The van der Waals surface area contributed by atoms with Crippen LogP contribution in [0.4, 0.5) is 6.01 Å². The average Bonchev–Trinajstić information content (AvgIpc) is 4.06. The van der Waals surface area contributed by atoms with Gasteiger partial charge in [0.25, 0.3) is 6.01 Å². The molecule has 0 unspecified atom stereocenters. The molecule has 66 heavy (non-hydrogen) atoms. The van der Waals surface area contributed by atoms with Gasteiger partial charge in [0.05, 0.1) is 67.1 Å². The number of aromatic nitrogens is 3. The minimum Gasteiger partial charge on any atom is -0.490 e. The third kappa shape index (κ3) is 13.4. The molecular formula is C47H60N8O10S. The second kappa shape index (κ2) is 23.2. The topological polar surface area (TPSA) is 212 Å². The number of β-amino-alcohol motifs (C(OH)–C–C–N with tert-alkyl or cyclic N) is 1. The molecule has 19 heteroatoms. The Bertz CT molecular complexity index is 2350. The molecule has 2 aromatic carbocycles. The quantitative estimate of drug-likeness (QED) is 0.0726. The highest BCUT2D eigenvalue weighted by Crippen LogP contribution is 2.29. The number of amides is 3. The van der Waals surface area contributed by atoms with E-state index < -0.39 is 35.4 Å². The Morgan fingerprint density at radius 2 is 1.65 bits per heavy atom. The van der Waals surface area contributed by atoms with Gasteiger partial charge in [-0.1, -0.05) is 45.0 Å². The van der Waals surface area contributed by atoms with Gasteiger partial charge < -0.3 is 59.0 Å². The van der Waals surface area contributed by atoms with E-state index in [0.29, 0.717) is 43.9 Å². The number of nitrogens with zero attached hydrogens (tertiary/aromatic N) is 5. The molecular weight excluding hydrogens is 869 g/mol. The molecule has 0 spiro atoms. The molecule has 2 aliphatic rings. The van der Waals surface area contributed by atoms with Gasteiger partial charge in [0.1, 0.15) is 48.9 Å². The first-order valence-corrected chi connectivity index (χ1v) is 23.1. The average molecular weight is 929 g/mol. The van der Waals surface area contributed by atoms with Crippen molar-refractivity contribution in [1.82, 2.24) is 35.8 Å². The lowest BCUT2D eigenvalue weighted by molar-refractivity contribution is -0.144. The number of aliphatic hydroxyl groups excluding tert-OH is 1. The summed E-state index contributed by atoms with van der Waals surface area (Å²) >= 11 is 1.57. The van der Waals surface area contributed by atoms with E-state index in [2.05, 4.69) is 35.8 Å². The van der Waals surface area contributed by atoms with Crippen LogP contribution in [0.15, 0.2) is 70.7 Å². The fraction of sp³-hybridized carbons (Fsp3) is 0.489. The number of fused-ring (bicyclic) bond motifs is 1. The molecule has 0 aliphatic carbocycles. The Hall–Kier alpha value is -5.70. The van der Waals surface area contributed by atoms with Gasteiger partial charge in [-0.05, 0) is 47.7 Å². The normalized spacial score (nSPS) is 16.9. The van der Waals surface area contributed by atoms with Gasteiger partial charge in [0, 0.05) is 51.8 Å². The van der Waals surface area contributed by atoms with Gasteiger partial charge >= 0.3 is 0 Å². The van der Waals surface area contributed by atoms with Gasteiger partial charge in [-0.3, -0.25) is 19.4 Å². The van der Waals surface area contributed by atoms with Gasteiger partial charge in [-0.25, -0.2) is 4.98 Å². The molecule has 0 radical (unpaired) electrons. The van der Waals surface area contributed by atoms with Crippen LogP contribution in [0.5, 0.6) is 11.5 Å². The molecule has 2 fully saturated rings. The second-order valence-corrected chi connectivity index (χ2v) is 18.1. The molecule has 5 aromatic rings. The Kier molecular flexibility index (Phi) is 16.9. The zero-order valence-electron chi connectivity index (χ0n) is 38.0. The predicted octanol–water partition coefficient (Wildman–Crippen LogP) is 3.88. The van der Waals surface area contributed by atoms with Crippen molar-refractivity contribution in [2.75, 3.05) is 83.9 Å². The summed E-state index contributed by atoms with van der Waals surface area (Å²) in [4.78, 5) is 58.3. The Labute approximate surface area is 388 Å². The summed E-state index contributed by atoms with van der Waals surface area (Å²) in [7, 11) is 0. The number of carbonyl (C=O) groups is 3. The first-order chi connectivity index (χ1) is 31.9. The van der Waals surface area contributed by atoms with Crippen LogP contribution in [0.1, 0.15) is 44.1 Å². The van der Waals surface area contributed by atoms with E-state index >= 15 is 0 Å². The van der Waals surface area contributed by atoms with E-state index in [1.54, 1.807) is 17.5 Å². The summed E-state index contributed by atoms with van der Waals surface area (Å²) < 4.78 is 34.4. The number of hydrogen-bond acceptors (Lipinski definition) is 16. The minimum atomic E-state index is -0.963. The van der Waals surface area contributed by atoms with E-state index in [-0.39, 0.29) is 51.8 Å². The summed E-state index contributed by atoms with van der Waals surface area (Å²) in [5.41, 5.74) is 6.24. The summed E-state index contributed by atoms with van der Waals surface area (Å²) in [5, 5.41) is 19.6. The zero-order chi connectivity index (χ0) is 46.5. The van der Waals surface area contributed by atoms with Crippen LogP contribution in [-0.2, 0) is 41.7 Å². The number of benzene rings is 2. The SMILES string of the molecule is Cc1ncsc1-c1ccc(CNC(=O)[C@@H]2C[C@@H](O)CN2C(=O)[C@@H](NC(=O)COCCOCCOCCOc2ccc(COc3ccc4oc(N5CCNCC5)nc4c3)nc2)C(C)(C)C)cc1. The van der Waals surface area contributed by atoms with Crippen LogP contribution in [-0.4, -0.2) is 140 Å². The van der Waals surface area contributed by atoms with Crippen LogP contribution in [0.2, 0.25) is 0 Å². The van der Waals surface area contributed by atoms with E-state index in [1.165, 1.54) is 4.90 Å². The number of hydrogen-bond donors (Lipinski definition) is 4. The number of aryl methyl sites for hydroxylation is 1. The van der Waals surface area contributed by atoms with Crippen molar-refractivity contribution in [1.29, 1.82) is 0 Å². The van der Waals surface area contributed by atoms with Gasteiger partial charge in [0.2, 0.25) is 17.7 Å². The Morgan fingerprint density at radius 3 is 2.35 bits per heavy atom. The maximum Gasteiger partial charge on any atom is 0.298 e. The second-order valence-electron chi connectivity index (χ2n) is 17.2. The Morgan fingerprint density at radius 1 is 0.924 bits per heavy atom.